The summed E-state index contributed by atoms with van der Waals surface area (Å²) in [5.41, 5.74) is 0.790. The van der Waals surface area contributed by atoms with Crippen molar-refractivity contribution in [1.29, 1.82) is 0 Å². The van der Waals surface area contributed by atoms with Gasteiger partial charge in [-0.25, -0.2) is 9.13 Å². The molecule has 1 aromatic heterocycles. The van der Waals surface area contributed by atoms with Gasteiger partial charge in [-0.3, -0.25) is 0 Å². The van der Waals surface area contributed by atoms with Crippen molar-refractivity contribution in [2.45, 2.75) is 31.1 Å². The smallest absolute Gasteiger partial charge is 0.233 e. The quantitative estimate of drug-likeness (QED) is 0.513. The first-order valence-corrected chi connectivity index (χ1v) is 8.34. The summed E-state index contributed by atoms with van der Waals surface area (Å²) in [4.78, 5) is 26.9. The molecule has 0 amide bonds. The maximum Gasteiger partial charge on any atom is 0.421 e. The Hall–Kier alpha value is -0.710. The van der Waals surface area contributed by atoms with Gasteiger partial charge in [-0.2, -0.15) is 24.9 Å². The fraction of sp³-hybridized carbons (Fsp3) is 0.556. The molecule has 1 atom stereocenters. The molecule has 7 nitrogen and oxygen atoms in total. The first-order valence-electron chi connectivity index (χ1n) is 5.38. The Morgan fingerprint density at radius 3 is 2.50 bits per heavy atom. The van der Waals surface area contributed by atoms with Gasteiger partial charge in [-0.1, -0.05) is 0 Å². The fourth-order valence-corrected chi connectivity index (χ4v) is 3.44. The number of hydrogen-bond acceptors (Lipinski definition) is 7. The molecule has 0 spiro atoms. The monoisotopic (exact) mass is 293 g/mol. The highest BCUT2D eigenvalue weighted by Crippen LogP contribution is 2.58. The zero-order valence-electron chi connectivity index (χ0n) is 9.58. The minimum absolute atomic E-state index is 0.0241. The van der Waals surface area contributed by atoms with Gasteiger partial charge in [0.05, 0.1) is 5.69 Å². The highest BCUT2D eigenvalue weighted by atomic mass is 31.2. The van der Waals surface area contributed by atoms with Gasteiger partial charge < -0.3 is 0 Å². The molecule has 18 heavy (non-hydrogen) atoms. The molecule has 9 heteroatoms. The van der Waals surface area contributed by atoms with Crippen LogP contribution in [0.4, 0.5) is 0 Å². The standard InChI is InChI=1S/C9H15N2O5P2/c12-17(13)9(18(14,15)16)6-2-1-4-8-5-3-7-10-11-8/h3,5,7,9,14-16H,1-2,4,6H2/q+1. The summed E-state index contributed by atoms with van der Waals surface area (Å²) >= 11 is 0. The second kappa shape index (κ2) is 7.02. The van der Waals surface area contributed by atoms with E-state index in [0.29, 0.717) is 19.3 Å². The van der Waals surface area contributed by atoms with Crippen LogP contribution in [0.3, 0.4) is 0 Å². The molecule has 0 aromatic carbocycles. The Bertz CT molecular complexity index is 424. The number of rotatable bonds is 7. The average molecular weight is 293 g/mol. The molecule has 0 aliphatic heterocycles. The van der Waals surface area contributed by atoms with Crippen LogP contribution in [0.1, 0.15) is 25.0 Å². The van der Waals surface area contributed by atoms with E-state index in [1.54, 1.807) is 18.3 Å². The zero-order valence-corrected chi connectivity index (χ0v) is 11.4. The van der Waals surface area contributed by atoms with Gasteiger partial charge in [-0.15, -0.1) is 0 Å². The number of unbranched alkanes of at least 4 members (excludes halogenated alkanes) is 1. The van der Waals surface area contributed by atoms with E-state index < -0.39 is 21.0 Å². The molecule has 1 rings (SSSR count). The second-order valence-corrected chi connectivity index (χ2v) is 7.30. The molecule has 1 heterocycles. The lowest BCUT2D eigenvalue weighted by molar-refractivity contribution is 0.321. The summed E-state index contributed by atoms with van der Waals surface area (Å²) in [6, 6.07) is 3.56. The van der Waals surface area contributed by atoms with Gasteiger partial charge in [0.1, 0.15) is 0 Å². The van der Waals surface area contributed by atoms with E-state index in [1.807, 2.05) is 0 Å². The lowest BCUT2D eigenvalue weighted by Crippen LogP contribution is -2.07. The number of aryl methyl sites for hydroxylation is 1. The Kier molecular flexibility index (Phi) is 5.99. The summed E-state index contributed by atoms with van der Waals surface area (Å²) < 4.78 is 21.5. The van der Waals surface area contributed by atoms with Crippen molar-refractivity contribution in [2.24, 2.45) is 0 Å². The average Bonchev–Trinajstić information content (AvgIpc) is 2.27. The molecule has 100 valence electrons. The second-order valence-electron chi connectivity index (χ2n) is 3.84. The summed E-state index contributed by atoms with van der Waals surface area (Å²) in [7, 11) is -7.37. The largest absolute Gasteiger partial charge is 0.421 e. The Labute approximate surface area is 105 Å². The van der Waals surface area contributed by atoms with Crippen molar-refractivity contribution in [2.75, 3.05) is 0 Å². The van der Waals surface area contributed by atoms with Crippen LogP contribution in [0.2, 0.25) is 0 Å². The SMILES string of the molecule is O=P(=O)C(CCCCc1cccnn1)[P+](O)(O)O. The van der Waals surface area contributed by atoms with E-state index in [9.17, 15) is 9.13 Å². The summed E-state index contributed by atoms with van der Waals surface area (Å²) in [5, 5.41) is 6.11. The molecule has 1 aromatic rings. The predicted molar refractivity (Wildman–Crippen MR) is 65.2 cm³/mol. The number of hydrogen-bond donors (Lipinski definition) is 3. The van der Waals surface area contributed by atoms with Crippen LogP contribution < -0.4 is 0 Å². The van der Waals surface area contributed by atoms with Crippen LogP contribution in [0.5, 0.6) is 0 Å². The molecule has 0 saturated heterocycles. The van der Waals surface area contributed by atoms with Crippen LogP contribution in [0.15, 0.2) is 18.3 Å². The minimum Gasteiger partial charge on any atom is -0.233 e. The molecule has 0 aliphatic rings. The van der Waals surface area contributed by atoms with Gasteiger partial charge in [0, 0.05) is 12.6 Å². The summed E-state index contributed by atoms with van der Waals surface area (Å²) in [6.45, 7) is 0. The molecule has 0 bridgehead atoms. The molecule has 3 N–H and O–H groups in total. The maximum atomic E-state index is 10.8. The summed E-state index contributed by atoms with van der Waals surface area (Å²) in [6.07, 6.45) is 3.30. The lowest BCUT2D eigenvalue weighted by Gasteiger charge is -2.09. The first-order chi connectivity index (χ1) is 8.41. The predicted octanol–water partition coefficient (Wildman–Crippen LogP) is 1.43. The molecule has 0 radical (unpaired) electrons. The highest BCUT2D eigenvalue weighted by Gasteiger charge is 2.46. The van der Waals surface area contributed by atoms with Crippen molar-refractivity contribution in [3.05, 3.63) is 24.0 Å². The lowest BCUT2D eigenvalue weighted by atomic mass is 10.1. The third-order valence-electron chi connectivity index (χ3n) is 2.42. The van der Waals surface area contributed by atoms with Crippen LogP contribution in [-0.4, -0.2) is 30.3 Å². The van der Waals surface area contributed by atoms with Crippen molar-refractivity contribution in [3.8, 4) is 0 Å². The number of aromatic nitrogens is 2. The van der Waals surface area contributed by atoms with E-state index in [-0.39, 0.29) is 6.42 Å². The van der Waals surface area contributed by atoms with Gasteiger partial charge in [0.2, 0.25) is 0 Å². The van der Waals surface area contributed by atoms with Crippen molar-refractivity contribution >= 4 is 15.6 Å². The molecular weight excluding hydrogens is 278 g/mol. The van der Waals surface area contributed by atoms with Crippen molar-refractivity contribution in [3.63, 3.8) is 0 Å². The molecular formula is C9H15N2O5P2+. The van der Waals surface area contributed by atoms with Crippen molar-refractivity contribution < 1.29 is 23.8 Å². The molecule has 0 aliphatic carbocycles. The van der Waals surface area contributed by atoms with E-state index in [2.05, 4.69) is 10.2 Å². The normalized spacial score (nSPS) is 13.3. The van der Waals surface area contributed by atoms with E-state index >= 15 is 0 Å². The third-order valence-corrected chi connectivity index (χ3v) is 5.71. The van der Waals surface area contributed by atoms with Gasteiger partial charge in [0.25, 0.3) is 5.40 Å². The van der Waals surface area contributed by atoms with Crippen LogP contribution >= 0.6 is 15.6 Å². The Balaban J connectivity index is 2.37. The Morgan fingerprint density at radius 2 is 2.00 bits per heavy atom. The van der Waals surface area contributed by atoms with Crippen LogP contribution in [-0.2, 0) is 15.6 Å². The van der Waals surface area contributed by atoms with Gasteiger partial charge >= 0.3 is 15.6 Å². The van der Waals surface area contributed by atoms with Gasteiger partial charge in [-0.05, 0) is 31.4 Å². The van der Waals surface area contributed by atoms with E-state index in [4.69, 9.17) is 14.7 Å². The summed E-state index contributed by atoms with van der Waals surface area (Å²) in [5.74, 6) is 0. The highest BCUT2D eigenvalue weighted by molar-refractivity contribution is 7.68. The molecule has 0 fully saturated rings. The van der Waals surface area contributed by atoms with Crippen LogP contribution in [0.25, 0.3) is 0 Å². The topological polar surface area (TPSA) is 121 Å². The van der Waals surface area contributed by atoms with E-state index in [1.165, 1.54) is 0 Å². The van der Waals surface area contributed by atoms with Crippen LogP contribution in [0, 0.1) is 0 Å². The molecule has 0 saturated carbocycles. The minimum atomic E-state index is -4.32. The maximum absolute atomic E-state index is 10.8. The Morgan fingerprint density at radius 1 is 1.28 bits per heavy atom. The van der Waals surface area contributed by atoms with Crippen molar-refractivity contribution in [1.82, 2.24) is 10.2 Å². The number of nitrogens with zero attached hydrogens (tertiary/aromatic N) is 2. The van der Waals surface area contributed by atoms with Gasteiger partial charge in [0.15, 0.2) is 0 Å². The first kappa shape index (κ1) is 15.3. The third kappa shape index (κ3) is 5.29. The molecule has 1 unspecified atom stereocenters. The zero-order chi connectivity index (χ0) is 13.6. The van der Waals surface area contributed by atoms with E-state index in [0.717, 1.165) is 5.69 Å². The fourth-order valence-electron chi connectivity index (χ4n) is 1.50.